The molecule has 1 aliphatic heterocycles. The van der Waals surface area contributed by atoms with Crippen LogP contribution < -0.4 is 4.89 Å². The summed E-state index contributed by atoms with van der Waals surface area (Å²) in [5.41, 5.74) is 0. The Labute approximate surface area is 98.1 Å². The largest absolute Gasteiger partial charge is 0.654 e. The number of rotatable bonds is 3. The van der Waals surface area contributed by atoms with Crippen LogP contribution in [0.15, 0.2) is 34.1 Å². The van der Waals surface area contributed by atoms with Crippen LogP contribution in [0.5, 0.6) is 0 Å². The molecule has 2 rings (SSSR count). The molecule has 0 atom stereocenters. The van der Waals surface area contributed by atoms with E-state index in [0.717, 1.165) is 9.79 Å². The maximum atomic E-state index is 12.1. The van der Waals surface area contributed by atoms with Crippen molar-refractivity contribution in [2.75, 3.05) is 14.2 Å². The van der Waals surface area contributed by atoms with Crippen LogP contribution in [0.2, 0.25) is 0 Å². The van der Waals surface area contributed by atoms with E-state index in [9.17, 15) is 4.89 Å². The second-order valence-electron chi connectivity index (χ2n) is 2.78. The van der Waals surface area contributed by atoms with E-state index in [4.69, 9.17) is 9.05 Å². The first-order valence-corrected chi connectivity index (χ1v) is 7.41. The normalized spacial score (nSPS) is 16.7. The summed E-state index contributed by atoms with van der Waals surface area (Å²) in [6.07, 6.45) is 0. The third-order valence-electron chi connectivity index (χ3n) is 1.95. The molecule has 0 spiro atoms. The Bertz CT molecular complexity index is 332. The van der Waals surface area contributed by atoms with Crippen LogP contribution in [0.3, 0.4) is 0 Å². The van der Waals surface area contributed by atoms with Gasteiger partial charge in [0.25, 0.3) is 0 Å². The molecule has 0 unspecified atom stereocenters. The first-order valence-electron chi connectivity index (χ1n) is 4.23. The Hall–Kier alpha value is 0.230. The highest BCUT2D eigenvalue weighted by Crippen LogP contribution is 2.75. The fraction of sp³-hybridized carbons (Fsp3) is 0.222. The first-order chi connectivity index (χ1) is 7.19. The maximum absolute atomic E-state index is 12.1. The summed E-state index contributed by atoms with van der Waals surface area (Å²) in [4.78, 5) is 14.3. The van der Waals surface area contributed by atoms with E-state index in [-0.39, 0.29) is 0 Å². The van der Waals surface area contributed by atoms with Gasteiger partial charge in [0, 0.05) is 4.32 Å². The predicted molar refractivity (Wildman–Crippen MR) is 62.3 cm³/mol. The highest BCUT2D eigenvalue weighted by atomic mass is 32.2. The van der Waals surface area contributed by atoms with Gasteiger partial charge in [0.2, 0.25) is 0 Å². The first kappa shape index (κ1) is 11.7. The zero-order valence-electron chi connectivity index (χ0n) is 8.30. The van der Waals surface area contributed by atoms with Gasteiger partial charge in [-0.15, -0.1) is 0 Å². The van der Waals surface area contributed by atoms with Crippen molar-refractivity contribution in [1.82, 2.24) is 0 Å². The lowest BCUT2D eigenvalue weighted by atomic mass is 10.4. The van der Waals surface area contributed by atoms with Gasteiger partial charge in [-0.3, -0.25) is 23.5 Å². The number of thioether (sulfide) groups is 2. The second-order valence-corrected chi connectivity index (χ2v) is 7.92. The van der Waals surface area contributed by atoms with Crippen LogP contribution in [-0.4, -0.2) is 14.2 Å². The Morgan fingerprint density at radius 3 is 2.00 bits per heavy atom. The van der Waals surface area contributed by atoms with Gasteiger partial charge < -0.3 is 4.89 Å². The average molecular weight is 261 g/mol. The Morgan fingerprint density at radius 1 is 1.13 bits per heavy atom. The minimum atomic E-state index is -3.07. The maximum Gasteiger partial charge on any atom is 0.123 e. The Kier molecular flexibility index (Phi) is 3.60. The molecular formula is C9H10O3PS2-. The van der Waals surface area contributed by atoms with Crippen LogP contribution in [-0.2, 0) is 9.05 Å². The van der Waals surface area contributed by atoms with Crippen molar-refractivity contribution in [1.29, 1.82) is 0 Å². The zero-order chi connectivity index (χ0) is 10.9. The minimum absolute atomic E-state index is 0.689. The SMILES string of the molecule is CO[P+]([O-])(OC)[C-]1Sc2ccccc2S1. The van der Waals surface area contributed by atoms with E-state index in [0.29, 0.717) is 4.32 Å². The predicted octanol–water partition coefficient (Wildman–Crippen LogP) is 2.75. The quantitative estimate of drug-likeness (QED) is 0.618. The monoisotopic (exact) mass is 261 g/mol. The van der Waals surface area contributed by atoms with Crippen molar-refractivity contribution < 1.29 is 13.9 Å². The number of hydrogen-bond donors (Lipinski definition) is 0. The summed E-state index contributed by atoms with van der Waals surface area (Å²) in [6, 6.07) is 7.91. The lowest BCUT2D eigenvalue weighted by Crippen LogP contribution is -2.15. The van der Waals surface area contributed by atoms with Crippen LogP contribution >= 0.6 is 31.5 Å². The highest BCUT2D eigenvalue weighted by Gasteiger charge is 2.32. The number of benzene rings is 1. The van der Waals surface area contributed by atoms with E-state index in [1.54, 1.807) is 0 Å². The average Bonchev–Trinajstić information content (AvgIpc) is 2.72. The molecular weight excluding hydrogens is 251 g/mol. The third kappa shape index (κ3) is 2.18. The van der Waals surface area contributed by atoms with Crippen molar-refractivity contribution >= 4 is 31.5 Å². The van der Waals surface area contributed by atoms with Crippen LogP contribution in [0.4, 0.5) is 0 Å². The van der Waals surface area contributed by atoms with Crippen LogP contribution in [0.1, 0.15) is 0 Å². The standard InChI is InChI=1S/C9H10O3PS2/c1-11-13(10,12-2)9-14-7-5-3-4-6-8(7)15-9/h3-6H,1-2H3/q-1. The van der Waals surface area contributed by atoms with Crippen LogP contribution in [0.25, 0.3) is 0 Å². The van der Waals surface area contributed by atoms with E-state index in [1.807, 2.05) is 24.3 Å². The zero-order valence-corrected chi connectivity index (χ0v) is 10.8. The highest BCUT2D eigenvalue weighted by molar-refractivity contribution is 8.30. The molecule has 15 heavy (non-hydrogen) atoms. The summed E-state index contributed by atoms with van der Waals surface area (Å²) < 4.78 is 10.6. The van der Waals surface area contributed by atoms with Gasteiger partial charge in [-0.2, -0.15) is 0 Å². The van der Waals surface area contributed by atoms with E-state index >= 15 is 0 Å². The van der Waals surface area contributed by atoms with Gasteiger partial charge in [-0.25, -0.2) is 9.05 Å². The second kappa shape index (κ2) is 4.62. The lowest BCUT2D eigenvalue weighted by Gasteiger charge is -2.39. The summed E-state index contributed by atoms with van der Waals surface area (Å²) in [6.45, 7) is 0. The van der Waals surface area contributed by atoms with Gasteiger partial charge in [-0.1, -0.05) is 24.3 Å². The third-order valence-corrected chi connectivity index (χ3v) is 7.38. The van der Waals surface area contributed by atoms with Gasteiger partial charge >= 0.3 is 0 Å². The van der Waals surface area contributed by atoms with Gasteiger partial charge in [0.05, 0.1) is 14.2 Å². The summed E-state index contributed by atoms with van der Waals surface area (Å²) in [5, 5.41) is 0. The molecule has 1 aromatic carbocycles. The fourth-order valence-electron chi connectivity index (χ4n) is 1.16. The fourth-order valence-corrected chi connectivity index (χ4v) is 5.95. The number of hydrogen-bond acceptors (Lipinski definition) is 5. The molecule has 0 fully saturated rings. The van der Waals surface area contributed by atoms with Crippen molar-refractivity contribution in [2.45, 2.75) is 9.79 Å². The van der Waals surface area contributed by atoms with E-state index in [2.05, 4.69) is 0 Å². The molecule has 0 saturated heterocycles. The molecule has 0 radical (unpaired) electrons. The Morgan fingerprint density at radius 2 is 1.60 bits per heavy atom. The van der Waals surface area contributed by atoms with Gasteiger partial charge in [-0.05, 0) is 9.79 Å². The van der Waals surface area contributed by atoms with Crippen molar-refractivity contribution in [3.05, 3.63) is 28.6 Å². The smallest absolute Gasteiger partial charge is 0.123 e. The van der Waals surface area contributed by atoms with Crippen molar-refractivity contribution in [3.8, 4) is 0 Å². The van der Waals surface area contributed by atoms with Gasteiger partial charge in [0.1, 0.15) is 7.94 Å². The van der Waals surface area contributed by atoms with Crippen LogP contribution in [0, 0.1) is 4.32 Å². The van der Waals surface area contributed by atoms with E-state index in [1.165, 1.54) is 37.7 Å². The molecule has 6 heteroatoms. The summed E-state index contributed by atoms with van der Waals surface area (Å²) in [7, 11) is -0.261. The van der Waals surface area contributed by atoms with Gasteiger partial charge in [0.15, 0.2) is 0 Å². The molecule has 1 aliphatic rings. The molecule has 0 amide bonds. The summed E-state index contributed by atoms with van der Waals surface area (Å²) >= 11 is 2.92. The van der Waals surface area contributed by atoms with E-state index < -0.39 is 7.94 Å². The topological polar surface area (TPSA) is 41.5 Å². The molecule has 1 aromatic rings. The van der Waals surface area contributed by atoms with Crippen molar-refractivity contribution in [3.63, 3.8) is 0 Å². The molecule has 1 heterocycles. The molecule has 0 N–H and O–H groups in total. The molecule has 82 valence electrons. The Balaban J connectivity index is 2.19. The molecule has 0 aromatic heterocycles. The molecule has 0 bridgehead atoms. The molecule has 0 aliphatic carbocycles. The van der Waals surface area contributed by atoms with Crippen molar-refractivity contribution in [2.24, 2.45) is 0 Å². The summed E-state index contributed by atoms with van der Waals surface area (Å²) in [5.74, 6) is 0. The lowest BCUT2D eigenvalue weighted by molar-refractivity contribution is -0.211. The minimum Gasteiger partial charge on any atom is -0.654 e. The molecule has 3 nitrogen and oxygen atoms in total. The number of fused-ring (bicyclic) bond motifs is 1. The molecule has 0 saturated carbocycles.